The maximum atomic E-state index is 13.4. The van der Waals surface area contributed by atoms with E-state index in [2.05, 4.69) is 0 Å². The molecule has 0 bridgehead atoms. The number of carbonyl (C=O) groups excluding carboxylic acids is 2. The predicted octanol–water partition coefficient (Wildman–Crippen LogP) is 1.68. The predicted molar refractivity (Wildman–Crippen MR) is 91.2 cm³/mol. The molecule has 26 heavy (non-hydrogen) atoms. The van der Waals surface area contributed by atoms with Crippen molar-refractivity contribution in [3.05, 3.63) is 32.9 Å². The zero-order valence-electron chi connectivity index (χ0n) is 15.6. The molecule has 0 aromatic carbocycles. The second-order valence-electron chi connectivity index (χ2n) is 6.52. The van der Waals surface area contributed by atoms with Crippen molar-refractivity contribution in [3.8, 4) is 0 Å². The number of esters is 1. The highest BCUT2D eigenvalue weighted by Gasteiger charge is 2.30. The summed E-state index contributed by atoms with van der Waals surface area (Å²) in [4.78, 5) is 48.1. The van der Waals surface area contributed by atoms with Gasteiger partial charge in [-0.25, -0.2) is 4.79 Å². The van der Waals surface area contributed by atoms with Gasteiger partial charge in [-0.3, -0.25) is 23.9 Å². The first-order chi connectivity index (χ1) is 12.0. The fraction of sp³-hybridized carbons (Fsp3) is 0.647. The number of ether oxygens (including phenoxy) is 2. The fourth-order valence-electron chi connectivity index (χ4n) is 2.42. The molecule has 0 aliphatic carbocycles. The van der Waals surface area contributed by atoms with E-state index in [9.17, 15) is 23.6 Å². The van der Waals surface area contributed by atoms with E-state index in [1.807, 2.05) is 4.98 Å². The van der Waals surface area contributed by atoms with Crippen molar-refractivity contribution in [2.75, 3.05) is 0 Å². The molecule has 0 radical (unpaired) electrons. The molecule has 2 atom stereocenters. The molecule has 8 nitrogen and oxygen atoms in total. The van der Waals surface area contributed by atoms with E-state index in [1.165, 1.54) is 20.8 Å². The lowest BCUT2D eigenvalue weighted by Gasteiger charge is -2.25. The number of hydrogen-bond acceptors (Lipinski definition) is 6. The highest BCUT2D eigenvalue weighted by molar-refractivity contribution is 5.88. The highest BCUT2D eigenvalue weighted by Crippen LogP contribution is 2.19. The molecule has 1 heterocycles. The Bertz CT molecular complexity index is 767. The zero-order chi connectivity index (χ0) is 20.1. The summed E-state index contributed by atoms with van der Waals surface area (Å²) in [7, 11) is 0. The molecule has 0 saturated carbocycles. The van der Waals surface area contributed by atoms with Gasteiger partial charge in [-0.15, -0.1) is 0 Å². The number of ketones is 1. The maximum Gasteiger partial charge on any atom is 0.330 e. The van der Waals surface area contributed by atoms with Gasteiger partial charge in [0.05, 0.1) is 12.3 Å². The van der Waals surface area contributed by atoms with Crippen LogP contribution in [0.2, 0.25) is 0 Å². The summed E-state index contributed by atoms with van der Waals surface area (Å²) in [5.41, 5.74) is -3.09. The van der Waals surface area contributed by atoms with E-state index in [0.717, 1.165) is 10.8 Å². The van der Waals surface area contributed by atoms with Gasteiger partial charge in [-0.1, -0.05) is 6.92 Å². The van der Waals surface area contributed by atoms with Crippen LogP contribution < -0.4 is 11.2 Å². The van der Waals surface area contributed by atoms with Crippen LogP contribution in [0.25, 0.3) is 0 Å². The van der Waals surface area contributed by atoms with Crippen LogP contribution in [-0.4, -0.2) is 33.0 Å². The Morgan fingerprint density at radius 1 is 1.35 bits per heavy atom. The molecule has 0 aliphatic rings. The standard InChI is InChI=1S/C17H25FN2O6/c1-6-14(20-9-12(18)15(23)19-16(20)24)25-10(2)7-8-13(22)17(4,5)26-11(3)21/h9-10,14H,6-8H2,1-5H3,(H,19,23,24). The highest BCUT2D eigenvalue weighted by atomic mass is 19.1. The first-order valence-electron chi connectivity index (χ1n) is 8.37. The molecule has 0 saturated heterocycles. The van der Waals surface area contributed by atoms with Crippen molar-refractivity contribution >= 4 is 11.8 Å². The Hall–Kier alpha value is -2.29. The molecular formula is C17H25FN2O6. The Morgan fingerprint density at radius 3 is 2.50 bits per heavy atom. The number of H-pyrrole nitrogens is 1. The van der Waals surface area contributed by atoms with Gasteiger partial charge in [0.25, 0.3) is 5.56 Å². The van der Waals surface area contributed by atoms with E-state index >= 15 is 0 Å². The third-order valence-electron chi connectivity index (χ3n) is 3.82. The minimum absolute atomic E-state index is 0.104. The SMILES string of the molecule is CCC(OC(C)CCC(=O)C(C)(C)OC(C)=O)n1cc(F)c(=O)[nH]c1=O. The van der Waals surface area contributed by atoms with Gasteiger partial charge in [-0.2, -0.15) is 4.39 Å². The summed E-state index contributed by atoms with van der Waals surface area (Å²) in [6.45, 7) is 7.71. The van der Waals surface area contributed by atoms with Crippen molar-refractivity contribution in [1.82, 2.24) is 9.55 Å². The third-order valence-corrected chi connectivity index (χ3v) is 3.82. The number of aromatic nitrogens is 2. The van der Waals surface area contributed by atoms with E-state index < -0.39 is 41.0 Å². The van der Waals surface area contributed by atoms with Crippen molar-refractivity contribution in [3.63, 3.8) is 0 Å². The molecule has 0 fully saturated rings. The number of aromatic amines is 1. The summed E-state index contributed by atoms with van der Waals surface area (Å²) in [5, 5.41) is 0. The van der Waals surface area contributed by atoms with Crippen LogP contribution in [0.5, 0.6) is 0 Å². The molecule has 1 N–H and O–H groups in total. The fourth-order valence-corrected chi connectivity index (χ4v) is 2.42. The molecule has 0 spiro atoms. The Balaban J connectivity index is 2.74. The summed E-state index contributed by atoms with van der Waals surface area (Å²) in [6.07, 6.45) is 0.354. The van der Waals surface area contributed by atoms with Crippen LogP contribution >= 0.6 is 0 Å². The molecule has 2 unspecified atom stereocenters. The second kappa shape index (κ2) is 8.88. The number of nitrogens with zero attached hydrogens (tertiary/aromatic N) is 1. The Morgan fingerprint density at radius 2 is 1.96 bits per heavy atom. The van der Waals surface area contributed by atoms with Gasteiger partial charge in [0.2, 0.25) is 5.82 Å². The van der Waals surface area contributed by atoms with E-state index in [1.54, 1.807) is 13.8 Å². The van der Waals surface area contributed by atoms with Gasteiger partial charge in [0.1, 0.15) is 6.23 Å². The first-order valence-corrected chi connectivity index (χ1v) is 8.37. The van der Waals surface area contributed by atoms with Crippen LogP contribution in [0.4, 0.5) is 4.39 Å². The van der Waals surface area contributed by atoms with Crippen molar-refractivity contribution in [1.29, 1.82) is 0 Å². The lowest BCUT2D eigenvalue weighted by Crippen LogP contribution is -2.37. The minimum atomic E-state index is -1.23. The number of hydrogen-bond donors (Lipinski definition) is 1. The van der Waals surface area contributed by atoms with Crippen LogP contribution in [0.1, 0.15) is 60.1 Å². The lowest BCUT2D eigenvalue weighted by atomic mass is 9.98. The summed E-state index contributed by atoms with van der Waals surface area (Å²) in [5.74, 6) is -1.89. The van der Waals surface area contributed by atoms with E-state index in [0.29, 0.717) is 12.8 Å². The molecule has 0 amide bonds. The Labute approximate surface area is 150 Å². The van der Waals surface area contributed by atoms with Crippen molar-refractivity contribution in [2.24, 2.45) is 0 Å². The summed E-state index contributed by atoms with van der Waals surface area (Å²) >= 11 is 0. The van der Waals surface area contributed by atoms with Crippen LogP contribution in [-0.2, 0) is 19.1 Å². The second-order valence-corrected chi connectivity index (χ2v) is 6.52. The Kier molecular flexibility index (Phi) is 7.43. The normalized spacial score (nSPS) is 13.9. The summed E-state index contributed by atoms with van der Waals surface area (Å²) in [6, 6.07) is 0. The third kappa shape index (κ3) is 5.91. The first kappa shape index (κ1) is 21.8. The molecular weight excluding hydrogens is 347 g/mol. The monoisotopic (exact) mass is 372 g/mol. The van der Waals surface area contributed by atoms with Crippen molar-refractivity contribution < 1.29 is 23.5 Å². The molecule has 9 heteroatoms. The smallest absolute Gasteiger partial charge is 0.330 e. The molecule has 0 aliphatic heterocycles. The van der Waals surface area contributed by atoms with E-state index in [-0.39, 0.29) is 12.2 Å². The van der Waals surface area contributed by atoms with Crippen molar-refractivity contribution in [2.45, 2.75) is 71.8 Å². The van der Waals surface area contributed by atoms with Gasteiger partial charge in [0.15, 0.2) is 11.4 Å². The molecule has 146 valence electrons. The number of nitrogens with one attached hydrogen (secondary N) is 1. The average molecular weight is 372 g/mol. The van der Waals surface area contributed by atoms with Gasteiger partial charge < -0.3 is 9.47 Å². The quantitative estimate of drug-likeness (QED) is 0.661. The van der Waals surface area contributed by atoms with Gasteiger partial charge in [0, 0.05) is 13.3 Å². The minimum Gasteiger partial charge on any atom is -0.452 e. The molecule has 1 rings (SSSR count). The van der Waals surface area contributed by atoms with Crippen LogP contribution in [0.15, 0.2) is 15.8 Å². The van der Waals surface area contributed by atoms with E-state index in [4.69, 9.17) is 9.47 Å². The topological polar surface area (TPSA) is 107 Å². The maximum absolute atomic E-state index is 13.4. The number of carbonyl (C=O) groups is 2. The molecule has 1 aromatic rings. The zero-order valence-corrected chi connectivity index (χ0v) is 15.6. The van der Waals surface area contributed by atoms with Gasteiger partial charge in [-0.05, 0) is 33.6 Å². The average Bonchev–Trinajstić information content (AvgIpc) is 2.52. The largest absolute Gasteiger partial charge is 0.452 e. The number of rotatable bonds is 9. The van der Waals surface area contributed by atoms with Crippen LogP contribution in [0, 0.1) is 5.82 Å². The molecule has 1 aromatic heterocycles. The number of halogens is 1. The lowest BCUT2D eigenvalue weighted by molar-refractivity contribution is -0.162. The van der Waals surface area contributed by atoms with Gasteiger partial charge >= 0.3 is 11.7 Å². The number of Topliss-reactive ketones (excluding diaryl/α,β-unsaturated/α-hetero) is 1. The van der Waals surface area contributed by atoms with Crippen LogP contribution in [0.3, 0.4) is 0 Å². The summed E-state index contributed by atoms with van der Waals surface area (Å²) < 4.78 is 25.1.